The molecular formula is C21H23ClN2O3S. The van der Waals surface area contributed by atoms with Crippen LogP contribution < -0.4 is 5.32 Å². The highest BCUT2D eigenvalue weighted by atomic mass is 35.5. The van der Waals surface area contributed by atoms with E-state index in [4.69, 9.17) is 11.6 Å². The van der Waals surface area contributed by atoms with E-state index in [1.54, 1.807) is 12.1 Å². The van der Waals surface area contributed by atoms with Crippen molar-refractivity contribution in [1.29, 1.82) is 0 Å². The highest BCUT2D eigenvalue weighted by Gasteiger charge is 2.45. The van der Waals surface area contributed by atoms with Gasteiger partial charge >= 0.3 is 0 Å². The minimum Gasteiger partial charge on any atom is -0.354 e. The van der Waals surface area contributed by atoms with Crippen LogP contribution in [0.3, 0.4) is 0 Å². The Kier molecular flexibility index (Phi) is 5.21. The molecule has 2 fully saturated rings. The summed E-state index contributed by atoms with van der Waals surface area (Å²) in [7, 11) is -3.73. The van der Waals surface area contributed by atoms with Crippen molar-refractivity contribution in [1.82, 2.24) is 9.62 Å². The topological polar surface area (TPSA) is 66.5 Å². The van der Waals surface area contributed by atoms with Gasteiger partial charge in [0.15, 0.2) is 0 Å². The maximum Gasteiger partial charge on any atom is 0.243 e. The second-order valence-electron chi connectivity index (χ2n) is 7.59. The molecule has 2 aromatic rings. The van der Waals surface area contributed by atoms with Crippen LogP contribution in [0.25, 0.3) is 0 Å². The fourth-order valence-corrected chi connectivity index (χ4v) is 5.70. The zero-order chi connectivity index (χ0) is 19.8. The molecule has 4 rings (SSSR count). The molecule has 2 aromatic carbocycles. The van der Waals surface area contributed by atoms with Gasteiger partial charge in [0.2, 0.25) is 15.9 Å². The molecule has 2 aliphatic rings. The molecule has 1 saturated carbocycles. The Morgan fingerprint density at radius 1 is 1.11 bits per heavy atom. The van der Waals surface area contributed by atoms with E-state index in [0.29, 0.717) is 31.0 Å². The Morgan fingerprint density at radius 3 is 2.43 bits per heavy atom. The summed E-state index contributed by atoms with van der Waals surface area (Å²) in [5.74, 6) is -0.211. The molecule has 1 aliphatic heterocycles. The molecule has 0 radical (unpaired) electrons. The Balaban J connectivity index is 1.46. The molecule has 1 saturated heterocycles. The van der Waals surface area contributed by atoms with E-state index in [0.717, 1.165) is 12.8 Å². The lowest BCUT2D eigenvalue weighted by Crippen LogP contribution is -2.47. The average Bonchev–Trinajstić information content (AvgIpc) is 3.33. The minimum atomic E-state index is -3.73. The van der Waals surface area contributed by atoms with Gasteiger partial charge in [-0.05, 0) is 55.5 Å². The zero-order valence-corrected chi connectivity index (χ0v) is 17.0. The molecule has 28 heavy (non-hydrogen) atoms. The van der Waals surface area contributed by atoms with E-state index < -0.39 is 16.1 Å². The predicted molar refractivity (Wildman–Crippen MR) is 109 cm³/mol. The van der Waals surface area contributed by atoms with E-state index in [2.05, 4.69) is 17.4 Å². The number of hydrogen-bond acceptors (Lipinski definition) is 3. The molecule has 148 valence electrons. The molecule has 7 heteroatoms. The molecule has 1 heterocycles. The van der Waals surface area contributed by atoms with Gasteiger partial charge in [-0.3, -0.25) is 4.79 Å². The SMILES string of the molecule is O=C(NCC1(c2ccccc2)CC1)C1CCCN1S(=O)(=O)c1ccc(Cl)cc1. The van der Waals surface area contributed by atoms with Gasteiger partial charge in [0.25, 0.3) is 0 Å². The molecule has 0 aromatic heterocycles. The summed E-state index contributed by atoms with van der Waals surface area (Å²) < 4.78 is 27.3. The van der Waals surface area contributed by atoms with Crippen LogP contribution in [0.1, 0.15) is 31.2 Å². The lowest BCUT2D eigenvalue weighted by Gasteiger charge is -2.25. The van der Waals surface area contributed by atoms with Crippen molar-refractivity contribution in [3.8, 4) is 0 Å². The van der Waals surface area contributed by atoms with Gasteiger partial charge in [-0.25, -0.2) is 8.42 Å². The second kappa shape index (κ2) is 7.50. The lowest BCUT2D eigenvalue weighted by molar-refractivity contribution is -0.124. The summed E-state index contributed by atoms with van der Waals surface area (Å²) >= 11 is 5.87. The van der Waals surface area contributed by atoms with Crippen LogP contribution in [-0.4, -0.2) is 37.8 Å². The Hall–Kier alpha value is -1.89. The van der Waals surface area contributed by atoms with E-state index in [1.165, 1.54) is 22.0 Å². The highest BCUT2D eigenvalue weighted by Crippen LogP contribution is 2.47. The van der Waals surface area contributed by atoms with Crippen LogP contribution in [0, 0.1) is 0 Å². The van der Waals surface area contributed by atoms with Crippen molar-refractivity contribution in [2.75, 3.05) is 13.1 Å². The molecule has 1 amide bonds. The number of sulfonamides is 1. The lowest BCUT2D eigenvalue weighted by atomic mass is 9.96. The highest BCUT2D eigenvalue weighted by molar-refractivity contribution is 7.89. The van der Waals surface area contributed by atoms with E-state index in [-0.39, 0.29) is 16.2 Å². The summed E-state index contributed by atoms with van der Waals surface area (Å²) in [6.07, 6.45) is 3.29. The van der Waals surface area contributed by atoms with Gasteiger partial charge in [0.05, 0.1) is 4.90 Å². The smallest absolute Gasteiger partial charge is 0.243 e. The first-order chi connectivity index (χ1) is 13.4. The molecule has 0 spiro atoms. The third-order valence-electron chi connectivity index (χ3n) is 5.77. The molecular weight excluding hydrogens is 396 g/mol. The fraction of sp³-hybridized carbons (Fsp3) is 0.381. The van der Waals surface area contributed by atoms with Crippen molar-refractivity contribution < 1.29 is 13.2 Å². The second-order valence-corrected chi connectivity index (χ2v) is 9.92. The minimum absolute atomic E-state index is 0.00456. The summed E-state index contributed by atoms with van der Waals surface area (Å²) in [6.45, 7) is 0.897. The summed E-state index contributed by atoms with van der Waals surface area (Å²) in [5, 5.41) is 3.50. The van der Waals surface area contributed by atoms with Gasteiger partial charge < -0.3 is 5.32 Å². The number of carbonyl (C=O) groups excluding carboxylic acids is 1. The standard InChI is InChI=1S/C21H23ClN2O3S/c22-17-8-10-18(11-9-17)28(26,27)24-14-4-7-19(24)20(25)23-15-21(12-13-21)16-5-2-1-3-6-16/h1-3,5-6,8-11,19H,4,7,12-15H2,(H,23,25). The quantitative estimate of drug-likeness (QED) is 0.782. The first-order valence-corrected chi connectivity index (χ1v) is 11.3. The average molecular weight is 419 g/mol. The number of carbonyl (C=O) groups is 1. The number of rotatable bonds is 6. The van der Waals surface area contributed by atoms with Crippen LogP contribution in [0.4, 0.5) is 0 Å². The van der Waals surface area contributed by atoms with Gasteiger partial charge in [-0.15, -0.1) is 0 Å². The van der Waals surface area contributed by atoms with Crippen LogP contribution >= 0.6 is 11.6 Å². The largest absolute Gasteiger partial charge is 0.354 e. The molecule has 1 N–H and O–H groups in total. The molecule has 1 unspecified atom stereocenters. The van der Waals surface area contributed by atoms with Crippen LogP contribution in [0.2, 0.25) is 5.02 Å². The molecule has 1 atom stereocenters. The van der Waals surface area contributed by atoms with Gasteiger partial charge in [0, 0.05) is 23.5 Å². The summed E-state index contributed by atoms with van der Waals surface area (Å²) in [4.78, 5) is 13.0. The summed E-state index contributed by atoms with van der Waals surface area (Å²) in [5.41, 5.74) is 1.22. The fourth-order valence-electron chi connectivity index (χ4n) is 3.92. The zero-order valence-electron chi connectivity index (χ0n) is 15.5. The normalized spacial score (nSPS) is 21.4. The number of nitrogens with one attached hydrogen (secondary N) is 1. The van der Waals surface area contributed by atoms with Gasteiger partial charge in [0.1, 0.15) is 6.04 Å². The number of nitrogens with zero attached hydrogens (tertiary/aromatic N) is 1. The van der Waals surface area contributed by atoms with Crippen LogP contribution in [-0.2, 0) is 20.2 Å². The Labute approximate surface area is 170 Å². The van der Waals surface area contributed by atoms with Crippen LogP contribution in [0.5, 0.6) is 0 Å². The monoisotopic (exact) mass is 418 g/mol. The van der Waals surface area contributed by atoms with Crippen molar-refractivity contribution >= 4 is 27.5 Å². The third-order valence-corrected chi connectivity index (χ3v) is 7.94. The van der Waals surface area contributed by atoms with E-state index >= 15 is 0 Å². The first-order valence-electron chi connectivity index (χ1n) is 9.53. The van der Waals surface area contributed by atoms with Gasteiger partial charge in [-0.1, -0.05) is 41.9 Å². The Morgan fingerprint density at radius 2 is 1.79 bits per heavy atom. The van der Waals surface area contributed by atoms with Crippen LogP contribution in [0.15, 0.2) is 59.5 Å². The van der Waals surface area contributed by atoms with E-state index in [1.807, 2.05) is 18.2 Å². The van der Waals surface area contributed by atoms with Crippen molar-refractivity contribution in [2.45, 2.75) is 42.0 Å². The summed E-state index contributed by atoms with van der Waals surface area (Å²) in [6, 6.07) is 15.6. The molecule has 5 nitrogen and oxygen atoms in total. The number of benzene rings is 2. The maximum atomic E-state index is 13.0. The van der Waals surface area contributed by atoms with Crippen molar-refractivity contribution in [3.63, 3.8) is 0 Å². The first kappa shape index (κ1) is 19.4. The third kappa shape index (κ3) is 3.69. The van der Waals surface area contributed by atoms with E-state index in [9.17, 15) is 13.2 Å². The number of halogens is 1. The maximum absolute atomic E-state index is 13.0. The number of hydrogen-bond donors (Lipinski definition) is 1. The number of amides is 1. The van der Waals surface area contributed by atoms with Crippen molar-refractivity contribution in [3.05, 3.63) is 65.2 Å². The Bertz CT molecular complexity index is 957. The predicted octanol–water partition coefficient (Wildman–Crippen LogP) is 3.34. The molecule has 0 bridgehead atoms. The molecule has 1 aliphatic carbocycles. The van der Waals surface area contributed by atoms with Gasteiger partial charge in [-0.2, -0.15) is 4.31 Å². The van der Waals surface area contributed by atoms with Crippen molar-refractivity contribution in [2.24, 2.45) is 0 Å².